The highest BCUT2D eigenvalue weighted by molar-refractivity contribution is 5.66. The predicted molar refractivity (Wildman–Crippen MR) is 102 cm³/mol. The topological polar surface area (TPSA) is 70.3 Å². The average Bonchev–Trinajstić information content (AvgIpc) is 2.82. The third-order valence-electron chi connectivity index (χ3n) is 9.14. The molecule has 1 N–H and O–H groups in total. The van der Waals surface area contributed by atoms with Crippen molar-refractivity contribution in [1.82, 2.24) is 0 Å². The Kier molecular flexibility index (Phi) is 4.28. The Bertz CT molecular complexity index is 724. The van der Waals surface area contributed by atoms with E-state index in [1.54, 1.807) is 0 Å². The molecule has 4 rings (SSSR count). The lowest BCUT2D eigenvalue weighted by Crippen LogP contribution is -2.55. The van der Waals surface area contributed by atoms with Gasteiger partial charge in [-0.15, -0.1) is 0 Å². The quantitative estimate of drug-likeness (QED) is 0.422. The second-order valence-electron chi connectivity index (χ2n) is 10.2. The fourth-order valence-corrected chi connectivity index (χ4v) is 7.54. The van der Waals surface area contributed by atoms with Crippen molar-refractivity contribution in [2.45, 2.75) is 84.3 Å². The number of ether oxygens (including phenoxy) is 1. The van der Waals surface area contributed by atoms with Crippen LogP contribution in [0.1, 0.15) is 72.6 Å². The zero-order valence-electron chi connectivity index (χ0n) is 17.1. The Morgan fingerprint density at radius 3 is 2.70 bits per heavy atom. The van der Waals surface area contributed by atoms with Crippen molar-refractivity contribution in [3.63, 3.8) is 0 Å². The maximum Gasteiger partial charge on any atom is 0.302 e. The normalized spacial score (nSPS) is 51.3. The second-order valence-corrected chi connectivity index (χ2v) is 10.2. The lowest BCUT2D eigenvalue weighted by Gasteiger charge is -2.58. The molecule has 4 heteroatoms. The number of aliphatic hydroxyl groups is 1. The number of hydrogen-bond acceptors (Lipinski definition) is 4. The molecule has 0 aromatic rings. The van der Waals surface area contributed by atoms with Gasteiger partial charge in [0, 0.05) is 18.8 Å². The van der Waals surface area contributed by atoms with E-state index < -0.39 is 5.60 Å². The number of carbonyl (C=O) groups is 1. The first-order valence-electron chi connectivity index (χ1n) is 10.7. The van der Waals surface area contributed by atoms with Crippen LogP contribution in [0, 0.1) is 45.8 Å². The van der Waals surface area contributed by atoms with Crippen LogP contribution in [0.15, 0.2) is 11.6 Å². The summed E-state index contributed by atoms with van der Waals surface area (Å²) in [5, 5.41) is 21.0. The number of nitriles is 1. The van der Waals surface area contributed by atoms with Gasteiger partial charge in [-0.2, -0.15) is 5.26 Å². The molecule has 148 valence electrons. The fraction of sp³-hybridized carbons (Fsp3) is 0.826. The summed E-state index contributed by atoms with van der Waals surface area (Å²) in [7, 11) is 0. The van der Waals surface area contributed by atoms with Crippen molar-refractivity contribution < 1.29 is 14.6 Å². The minimum Gasteiger partial charge on any atom is -0.462 e. The molecular formula is C23H33NO3. The standard InChI is InChI=1S/C23H33NO3/c1-14-11-20-18-6-5-16-12-17(27-15(2)25)7-9-21(16,3)19(18)8-10-22(20,4)23(14,26)13-24/h5,14,17-20,26H,6-12H2,1-4H3/t14-,17-,18+,19-,20-,21-,22-,23+/m0/s1. The molecule has 0 aromatic heterocycles. The van der Waals surface area contributed by atoms with Crippen molar-refractivity contribution in [1.29, 1.82) is 5.26 Å². The van der Waals surface area contributed by atoms with E-state index in [1.165, 1.54) is 12.5 Å². The molecule has 8 atom stereocenters. The van der Waals surface area contributed by atoms with Crippen LogP contribution in [-0.4, -0.2) is 22.8 Å². The van der Waals surface area contributed by atoms with Crippen LogP contribution in [0.3, 0.4) is 0 Å². The van der Waals surface area contributed by atoms with Crippen molar-refractivity contribution in [2.75, 3.05) is 0 Å². The van der Waals surface area contributed by atoms with E-state index in [-0.39, 0.29) is 28.8 Å². The Morgan fingerprint density at radius 1 is 1.30 bits per heavy atom. The van der Waals surface area contributed by atoms with Gasteiger partial charge in [0.25, 0.3) is 0 Å². The van der Waals surface area contributed by atoms with E-state index in [0.717, 1.165) is 44.9 Å². The highest BCUT2D eigenvalue weighted by Crippen LogP contribution is 2.68. The van der Waals surface area contributed by atoms with Gasteiger partial charge in [-0.05, 0) is 67.6 Å². The van der Waals surface area contributed by atoms with Gasteiger partial charge < -0.3 is 9.84 Å². The van der Waals surface area contributed by atoms with E-state index in [9.17, 15) is 15.2 Å². The minimum absolute atomic E-state index is 0.0300. The van der Waals surface area contributed by atoms with Crippen LogP contribution in [0.2, 0.25) is 0 Å². The summed E-state index contributed by atoms with van der Waals surface area (Å²) in [5.41, 5.74) is 0.170. The highest BCUT2D eigenvalue weighted by Gasteiger charge is 2.66. The molecule has 0 radical (unpaired) electrons. The summed E-state index contributed by atoms with van der Waals surface area (Å²) in [5.74, 6) is 1.43. The first kappa shape index (κ1) is 19.0. The Morgan fingerprint density at radius 2 is 2.04 bits per heavy atom. The molecule has 0 aliphatic heterocycles. The van der Waals surface area contributed by atoms with Crippen LogP contribution in [0.4, 0.5) is 0 Å². The van der Waals surface area contributed by atoms with Crippen molar-refractivity contribution in [3.8, 4) is 6.07 Å². The smallest absolute Gasteiger partial charge is 0.302 e. The summed E-state index contributed by atoms with van der Waals surface area (Å²) >= 11 is 0. The van der Waals surface area contributed by atoms with E-state index in [4.69, 9.17) is 4.74 Å². The van der Waals surface area contributed by atoms with Gasteiger partial charge in [0.1, 0.15) is 6.10 Å². The third kappa shape index (κ3) is 2.47. The lowest BCUT2D eigenvalue weighted by atomic mass is 9.47. The van der Waals surface area contributed by atoms with Crippen molar-refractivity contribution >= 4 is 5.97 Å². The fourth-order valence-electron chi connectivity index (χ4n) is 7.54. The summed E-state index contributed by atoms with van der Waals surface area (Å²) < 4.78 is 5.51. The van der Waals surface area contributed by atoms with E-state index in [1.807, 2.05) is 0 Å². The maximum absolute atomic E-state index is 11.4. The minimum atomic E-state index is -1.19. The number of nitrogens with zero attached hydrogens (tertiary/aromatic N) is 1. The largest absolute Gasteiger partial charge is 0.462 e. The SMILES string of the molecule is CC(=O)O[C@H]1CC[C@@]2(C)C(=CC[C@@H]3[C@@H]2CC[C@@]2(C)[C@H]3C[C@H](C)[C@]2(O)C#N)C1. The molecule has 4 aliphatic rings. The molecule has 4 aliphatic carbocycles. The molecule has 27 heavy (non-hydrogen) atoms. The molecule has 4 nitrogen and oxygen atoms in total. The summed E-state index contributed by atoms with van der Waals surface area (Å²) in [6.45, 7) is 8.13. The lowest BCUT2D eigenvalue weighted by molar-refractivity contribution is -0.149. The molecule has 0 heterocycles. The molecule has 0 amide bonds. The van der Waals surface area contributed by atoms with Gasteiger partial charge in [-0.3, -0.25) is 4.79 Å². The first-order chi connectivity index (χ1) is 12.7. The summed E-state index contributed by atoms with van der Waals surface area (Å²) in [4.78, 5) is 11.4. The van der Waals surface area contributed by atoms with E-state index in [0.29, 0.717) is 17.8 Å². The van der Waals surface area contributed by atoms with E-state index in [2.05, 4.69) is 32.9 Å². The van der Waals surface area contributed by atoms with E-state index >= 15 is 0 Å². The number of rotatable bonds is 1. The van der Waals surface area contributed by atoms with Gasteiger partial charge >= 0.3 is 5.97 Å². The number of hydrogen-bond donors (Lipinski definition) is 1. The average molecular weight is 372 g/mol. The van der Waals surface area contributed by atoms with Crippen LogP contribution in [0.5, 0.6) is 0 Å². The number of fused-ring (bicyclic) bond motifs is 5. The van der Waals surface area contributed by atoms with Crippen LogP contribution >= 0.6 is 0 Å². The Labute approximate surface area is 163 Å². The molecule has 0 unspecified atom stereocenters. The molecule has 0 saturated heterocycles. The molecular weight excluding hydrogens is 338 g/mol. The summed E-state index contributed by atoms with van der Waals surface area (Å²) in [6, 6.07) is 2.31. The molecule has 3 fully saturated rings. The van der Waals surface area contributed by atoms with Crippen LogP contribution in [0.25, 0.3) is 0 Å². The van der Waals surface area contributed by atoms with Crippen LogP contribution < -0.4 is 0 Å². The van der Waals surface area contributed by atoms with Gasteiger partial charge in [-0.25, -0.2) is 0 Å². The summed E-state index contributed by atoms with van der Waals surface area (Å²) in [6.07, 6.45) is 9.34. The number of esters is 1. The van der Waals surface area contributed by atoms with Gasteiger partial charge in [-0.1, -0.05) is 32.4 Å². The van der Waals surface area contributed by atoms with Crippen LogP contribution in [-0.2, 0) is 9.53 Å². The zero-order chi connectivity index (χ0) is 19.6. The van der Waals surface area contributed by atoms with Gasteiger partial charge in [0.15, 0.2) is 5.60 Å². The van der Waals surface area contributed by atoms with Crippen molar-refractivity contribution in [2.24, 2.45) is 34.5 Å². The van der Waals surface area contributed by atoms with Crippen molar-refractivity contribution in [3.05, 3.63) is 11.6 Å². The predicted octanol–water partition coefficient (Wildman–Crippen LogP) is 4.38. The highest BCUT2D eigenvalue weighted by atomic mass is 16.5. The first-order valence-corrected chi connectivity index (χ1v) is 10.7. The molecule has 0 spiro atoms. The maximum atomic E-state index is 11.4. The van der Waals surface area contributed by atoms with Gasteiger partial charge in [0.2, 0.25) is 0 Å². The monoisotopic (exact) mass is 371 g/mol. The number of allylic oxidation sites excluding steroid dienone is 1. The third-order valence-corrected chi connectivity index (χ3v) is 9.14. The number of carbonyl (C=O) groups excluding carboxylic acids is 1. The second kappa shape index (κ2) is 6.08. The Hall–Kier alpha value is -1.34. The molecule has 0 bridgehead atoms. The zero-order valence-corrected chi connectivity index (χ0v) is 17.1. The Balaban J connectivity index is 1.63. The van der Waals surface area contributed by atoms with Gasteiger partial charge in [0.05, 0.1) is 6.07 Å². The molecule has 0 aromatic carbocycles. The molecule has 3 saturated carbocycles.